The molecule has 0 aliphatic carbocycles. The summed E-state index contributed by atoms with van der Waals surface area (Å²) in [5.74, 6) is -0.138. The molecule has 1 rings (SSSR count). The number of hydrogen-bond donors (Lipinski definition) is 0. The van der Waals surface area contributed by atoms with Crippen molar-refractivity contribution in [3.63, 3.8) is 0 Å². The fraction of sp³-hybridized carbons (Fsp3) is 0.385. The zero-order valence-corrected chi connectivity index (χ0v) is 12.8. The van der Waals surface area contributed by atoms with Gasteiger partial charge in [0.05, 0.1) is 0 Å². The molecule has 0 N–H and O–H groups in total. The molecule has 4 heteroatoms. The Morgan fingerprint density at radius 1 is 1.41 bits per heavy atom. The van der Waals surface area contributed by atoms with E-state index >= 15 is 0 Å². The van der Waals surface area contributed by atoms with E-state index in [0.29, 0.717) is 11.5 Å². The van der Waals surface area contributed by atoms with Gasteiger partial charge in [0.1, 0.15) is 0 Å². The van der Waals surface area contributed by atoms with Gasteiger partial charge in [0.2, 0.25) is 0 Å². The van der Waals surface area contributed by atoms with E-state index in [1.54, 1.807) is 19.1 Å². The van der Waals surface area contributed by atoms with E-state index in [0.717, 1.165) is 9.13 Å². The Kier molecular flexibility index (Phi) is 6.41. The van der Waals surface area contributed by atoms with E-state index in [1.165, 1.54) is 4.08 Å². The first-order valence-electron chi connectivity index (χ1n) is 5.36. The number of halogens is 4. The van der Waals surface area contributed by atoms with Crippen molar-refractivity contribution in [2.24, 2.45) is 5.92 Å². The van der Waals surface area contributed by atoms with Gasteiger partial charge >= 0.3 is 115 Å². The predicted molar refractivity (Wildman–Crippen MR) is 78.7 cm³/mol. The Morgan fingerprint density at radius 3 is 2.53 bits per heavy atom. The SMILES string of the molecule is Cc1ccc(I(F)/C=C(/Cl)CC(C)CF)cc1. The molecule has 0 saturated carbocycles. The minimum absolute atomic E-state index is 0.138. The average Bonchev–Trinajstić information content (AvgIpc) is 2.29. The molecule has 1 atom stereocenters. The summed E-state index contributed by atoms with van der Waals surface area (Å²) in [7, 11) is 0. The molecule has 0 aliphatic heterocycles. The van der Waals surface area contributed by atoms with E-state index in [1.807, 2.05) is 19.1 Å². The maximum absolute atomic E-state index is 14.0. The zero-order valence-electron chi connectivity index (χ0n) is 9.89. The first-order chi connectivity index (χ1) is 8.02. The third-order valence-corrected chi connectivity index (χ3v) is 6.08. The van der Waals surface area contributed by atoms with E-state index < -0.39 is 27.1 Å². The van der Waals surface area contributed by atoms with Crippen molar-refractivity contribution in [3.05, 3.63) is 42.5 Å². The van der Waals surface area contributed by atoms with Crippen LogP contribution in [0, 0.1) is 16.4 Å². The fourth-order valence-electron chi connectivity index (χ4n) is 1.25. The normalized spacial score (nSPS) is 14.6. The van der Waals surface area contributed by atoms with Crippen molar-refractivity contribution in [2.75, 3.05) is 6.67 Å². The minimum atomic E-state index is -2.80. The number of aryl methyl sites for hydroxylation is 1. The van der Waals surface area contributed by atoms with Crippen LogP contribution in [0.1, 0.15) is 18.9 Å². The molecule has 0 heterocycles. The molecule has 1 aromatic rings. The number of rotatable bonds is 5. The fourth-order valence-corrected chi connectivity index (χ4v) is 4.26. The molecule has 1 unspecified atom stereocenters. The van der Waals surface area contributed by atoms with Gasteiger partial charge in [0.15, 0.2) is 0 Å². The van der Waals surface area contributed by atoms with Crippen LogP contribution in [0.25, 0.3) is 0 Å². The third kappa shape index (κ3) is 5.34. The van der Waals surface area contributed by atoms with Crippen LogP contribution in [0.3, 0.4) is 0 Å². The Hall–Kier alpha value is -0.160. The van der Waals surface area contributed by atoms with Gasteiger partial charge < -0.3 is 0 Å². The van der Waals surface area contributed by atoms with Gasteiger partial charge in [-0.25, -0.2) is 0 Å². The van der Waals surface area contributed by atoms with Gasteiger partial charge in [-0.15, -0.1) is 0 Å². The van der Waals surface area contributed by atoms with Crippen LogP contribution in [-0.4, -0.2) is 6.67 Å². The zero-order chi connectivity index (χ0) is 12.8. The number of alkyl halides is 1. The molecule has 0 aromatic heterocycles. The van der Waals surface area contributed by atoms with Gasteiger partial charge in [-0.3, -0.25) is 0 Å². The quantitative estimate of drug-likeness (QED) is 0.588. The predicted octanol–water partition coefficient (Wildman–Crippen LogP) is 5.63. The van der Waals surface area contributed by atoms with Crippen LogP contribution in [0.2, 0.25) is 0 Å². The molecule has 1 aromatic carbocycles. The monoisotopic (exact) mass is 372 g/mol. The second kappa shape index (κ2) is 7.31. The summed E-state index contributed by atoms with van der Waals surface area (Å²) in [6.45, 7) is 3.31. The molecule has 0 amide bonds. The molecule has 0 fully saturated rings. The van der Waals surface area contributed by atoms with E-state index in [2.05, 4.69) is 0 Å². The van der Waals surface area contributed by atoms with E-state index in [9.17, 15) is 7.25 Å². The Morgan fingerprint density at radius 2 is 2.00 bits per heavy atom. The molecule has 96 valence electrons. The van der Waals surface area contributed by atoms with Crippen LogP contribution >= 0.6 is 32.0 Å². The van der Waals surface area contributed by atoms with Gasteiger partial charge in [0.25, 0.3) is 0 Å². The number of benzene rings is 1. The van der Waals surface area contributed by atoms with Gasteiger partial charge in [-0.1, -0.05) is 0 Å². The number of hydrogen-bond acceptors (Lipinski definition) is 0. The summed E-state index contributed by atoms with van der Waals surface area (Å²) in [4.78, 5) is 0. The maximum atomic E-state index is 14.0. The Labute approximate surface area is 114 Å². The van der Waals surface area contributed by atoms with Crippen molar-refractivity contribution in [3.8, 4) is 0 Å². The van der Waals surface area contributed by atoms with Crippen molar-refractivity contribution < 1.29 is 7.25 Å². The second-order valence-corrected chi connectivity index (χ2v) is 7.93. The first kappa shape index (κ1) is 14.9. The van der Waals surface area contributed by atoms with Crippen molar-refractivity contribution >= 4 is 32.0 Å². The van der Waals surface area contributed by atoms with Crippen LogP contribution in [0.5, 0.6) is 0 Å². The molecule has 0 nitrogen and oxygen atoms in total. The average molecular weight is 373 g/mol. The summed E-state index contributed by atoms with van der Waals surface area (Å²) in [5, 5.41) is 0.448. The van der Waals surface area contributed by atoms with E-state index in [-0.39, 0.29) is 5.92 Å². The standard InChI is InChI=1S/C13H16ClF2I/c1-10-3-5-13(6-4-10)17(16)9-12(14)7-11(2)8-15/h3-6,9,11H,7-8H2,1-2H3/b12-9+. The van der Waals surface area contributed by atoms with Gasteiger partial charge in [0, 0.05) is 0 Å². The molecular formula is C13H16ClF2I. The molecule has 0 spiro atoms. The molecule has 0 radical (unpaired) electrons. The Balaban J connectivity index is 2.67. The van der Waals surface area contributed by atoms with Gasteiger partial charge in [-0.05, 0) is 0 Å². The summed E-state index contributed by atoms with van der Waals surface area (Å²) in [6.07, 6.45) is 0.418. The number of allylic oxidation sites excluding steroid dienone is 1. The van der Waals surface area contributed by atoms with Crippen LogP contribution in [-0.2, 0) is 0 Å². The summed E-state index contributed by atoms with van der Waals surface area (Å²) >= 11 is 3.12. The summed E-state index contributed by atoms with van der Waals surface area (Å²) in [5.41, 5.74) is 1.11. The van der Waals surface area contributed by atoms with Crippen LogP contribution in [0.15, 0.2) is 33.4 Å². The topological polar surface area (TPSA) is 0 Å². The summed E-state index contributed by atoms with van der Waals surface area (Å²) in [6, 6.07) is 7.40. The first-order valence-corrected chi connectivity index (χ1v) is 8.88. The third-order valence-electron chi connectivity index (χ3n) is 2.24. The van der Waals surface area contributed by atoms with Crippen LogP contribution < -0.4 is 0 Å². The molecule has 0 saturated heterocycles. The van der Waals surface area contributed by atoms with E-state index in [4.69, 9.17) is 11.6 Å². The second-order valence-electron chi connectivity index (χ2n) is 4.08. The van der Waals surface area contributed by atoms with Crippen LogP contribution in [0.4, 0.5) is 7.25 Å². The summed E-state index contributed by atoms with van der Waals surface area (Å²) < 4.78 is 28.5. The van der Waals surface area contributed by atoms with Gasteiger partial charge in [-0.2, -0.15) is 0 Å². The molecular weight excluding hydrogens is 356 g/mol. The van der Waals surface area contributed by atoms with Crippen molar-refractivity contribution in [1.82, 2.24) is 0 Å². The van der Waals surface area contributed by atoms with Crippen molar-refractivity contribution in [1.29, 1.82) is 0 Å². The molecule has 0 aliphatic rings. The Bertz CT molecular complexity index is 376. The van der Waals surface area contributed by atoms with Crippen molar-refractivity contribution in [2.45, 2.75) is 20.3 Å². The molecule has 0 bridgehead atoms. The molecule has 17 heavy (non-hydrogen) atoms.